The third kappa shape index (κ3) is 5.28. The normalized spacial score (nSPS) is 14.1. The Labute approximate surface area is 164 Å². The van der Waals surface area contributed by atoms with E-state index in [0.717, 1.165) is 18.4 Å². The summed E-state index contributed by atoms with van der Waals surface area (Å²) in [5, 5.41) is 5.76. The predicted octanol–water partition coefficient (Wildman–Crippen LogP) is 3.83. The SMILES string of the molecule is CC(C)(CNC(=O)/C=C/c1ccc(C(=O)NC2CC2)cc1)c1ccccc1F. The van der Waals surface area contributed by atoms with Crippen molar-refractivity contribution in [1.82, 2.24) is 10.6 Å². The Morgan fingerprint density at radius 2 is 1.79 bits per heavy atom. The second kappa shape index (κ2) is 8.38. The third-order valence-corrected chi connectivity index (χ3v) is 4.82. The van der Waals surface area contributed by atoms with Gasteiger partial charge in [-0.1, -0.05) is 44.2 Å². The van der Waals surface area contributed by atoms with E-state index >= 15 is 0 Å². The number of hydrogen-bond acceptors (Lipinski definition) is 2. The van der Waals surface area contributed by atoms with E-state index in [-0.39, 0.29) is 17.6 Å². The summed E-state index contributed by atoms with van der Waals surface area (Å²) in [5.41, 5.74) is 1.48. The van der Waals surface area contributed by atoms with E-state index in [0.29, 0.717) is 23.7 Å². The summed E-state index contributed by atoms with van der Waals surface area (Å²) in [6.45, 7) is 4.10. The molecule has 0 aromatic heterocycles. The van der Waals surface area contributed by atoms with Gasteiger partial charge < -0.3 is 10.6 Å². The van der Waals surface area contributed by atoms with Gasteiger partial charge in [0.25, 0.3) is 5.91 Å². The number of benzene rings is 2. The van der Waals surface area contributed by atoms with Crippen LogP contribution in [0.5, 0.6) is 0 Å². The van der Waals surface area contributed by atoms with Crippen LogP contribution in [-0.4, -0.2) is 24.4 Å². The lowest BCUT2D eigenvalue weighted by atomic mass is 9.84. The number of halogens is 1. The molecule has 4 nitrogen and oxygen atoms in total. The summed E-state index contributed by atoms with van der Waals surface area (Å²) < 4.78 is 14.0. The minimum absolute atomic E-state index is 0.0638. The maximum Gasteiger partial charge on any atom is 0.251 e. The van der Waals surface area contributed by atoms with Crippen LogP contribution in [0.3, 0.4) is 0 Å². The molecule has 1 aliphatic carbocycles. The lowest BCUT2D eigenvalue weighted by molar-refractivity contribution is -0.116. The number of amides is 2. The van der Waals surface area contributed by atoms with Gasteiger partial charge in [0, 0.05) is 29.6 Å². The summed E-state index contributed by atoms with van der Waals surface area (Å²) in [6.07, 6.45) is 5.23. The average Bonchev–Trinajstić information content (AvgIpc) is 3.49. The molecule has 2 aromatic carbocycles. The third-order valence-electron chi connectivity index (χ3n) is 4.82. The molecule has 0 atom stereocenters. The van der Waals surface area contributed by atoms with Crippen molar-refractivity contribution in [3.05, 3.63) is 77.1 Å². The van der Waals surface area contributed by atoms with Crippen LogP contribution in [0.25, 0.3) is 6.08 Å². The van der Waals surface area contributed by atoms with Crippen LogP contribution in [0.4, 0.5) is 4.39 Å². The fourth-order valence-electron chi connectivity index (χ4n) is 2.89. The Morgan fingerprint density at radius 3 is 2.43 bits per heavy atom. The molecule has 0 saturated heterocycles. The van der Waals surface area contributed by atoms with E-state index in [4.69, 9.17) is 0 Å². The minimum Gasteiger partial charge on any atom is -0.352 e. The van der Waals surface area contributed by atoms with Gasteiger partial charge in [0.2, 0.25) is 5.91 Å². The number of carbonyl (C=O) groups excluding carboxylic acids is 2. The van der Waals surface area contributed by atoms with E-state index in [1.165, 1.54) is 12.1 Å². The largest absolute Gasteiger partial charge is 0.352 e. The molecular weight excluding hydrogens is 355 g/mol. The monoisotopic (exact) mass is 380 g/mol. The fraction of sp³-hybridized carbons (Fsp3) is 0.304. The Hall–Kier alpha value is -2.95. The molecule has 2 N–H and O–H groups in total. The molecule has 0 bridgehead atoms. The van der Waals surface area contributed by atoms with E-state index in [9.17, 15) is 14.0 Å². The molecule has 0 radical (unpaired) electrons. The van der Waals surface area contributed by atoms with Gasteiger partial charge in [-0.25, -0.2) is 4.39 Å². The Bertz CT molecular complexity index is 884. The van der Waals surface area contributed by atoms with Crippen LogP contribution in [0, 0.1) is 5.82 Å². The first-order valence-corrected chi connectivity index (χ1v) is 9.47. The van der Waals surface area contributed by atoms with Gasteiger partial charge in [-0.2, -0.15) is 0 Å². The summed E-state index contributed by atoms with van der Waals surface area (Å²) in [6, 6.07) is 14.0. The van der Waals surface area contributed by atoms with Crippen molar-refractivity contribution in [3.63, 3.8) is 0 Å². The molecule has 0 heterocycles. The van der Waals surface area contributed by atoms with Crippen LogP contribution in [0.15, 0.2) is 54.6 Å². The Kier molecular flexibility index (Phi) is 5.93. The van der Waals surface area contributed by atoms with E-state index in [1.807, 2.05) is 13.8 Å². The van der Waals surface area contributed by atoms with Crippen LogP contribution >= 0.6 is 0 Å². The topological polar surface area (TPSA) is 58.2 Å². The van der Waals surface area contributed by atoms with Crippen LogP contribution in [0.2, 0.25) is 0 Å². The number of nitrogens with one attached hydrogen (secondary N) is 2. The molecular formula is C23H25FN2O2. The van der Waals surface area contributed by atoms with Crippen LogP contribution in [0.1, 0.15) is 48.2 Å². The van der Waals surface area contributed by atoms with E-state index in [2.05, 4.69) is 10.6 Å². The molecule has 146 valence electrons. The molecule has 5 heteroatoms. The molecule has 0 aliphatic heterocycles. The Balaban J connectivity index is 1.53. The van der Waals surface area contributed by atoms with Crippen LogP contribution < -0.4 is 10.6 Å². The highest BCUT2D eigenvalue weighted by atomic mass is 19.1. The van der Waals surface area contributed by atoms with Crippen LogP contribution in [-0.2, 0) is 10.2 Å². The van der Waals surface area contributed by atoms with Gasteiger partial charge in [0.1, 0.15) is 5.82 Å². The van der Waals surface area contributed by atoms with Gasteiger partial charge in [0.05, 0.1) is 0 Å². The second-order valence-corrected chi connectivity index (χ2v) is 7.78. The summed E-state index contributed by atoms with van der Waals surface area (Å²) in [5.74, 6) is -0.589. The lowest BCUT2D eigenvalue weighted by Gasteiger charge is -2.25. The highest BCUT2D eigenvalue weighted by Gasteiger charge is 2.24. The number of hydrogen-bond donors (Lipinski definition) is 2. The first-order valence-electron chi connectivity index (χ1n) is 9.47. The van der Waals surface area contributed by atoms with Gasteiger partial charge in [-0.05, 0) is 48.2 Å². The van der Waals surface area contributed by atoms with Crippen molar-refractivity contribution in [2.75, 3.05) is 6.54 Å². The van der Waals surface area contributed by atoms with E-state index < -0.39 is 5.41 Å². The van der Waals surface area contributed by atoms with Gasteiger partial charge in [-0.15, -0.1) is 0 Å². The summed E-state index contributed by atoms with van der Waals surface area (Å²) in [7, 11) is 0. The van der Waals surface area contributed by atoms with Gasteiger partial charge in [0.15, 0.2) is 0 Å². The number of rotatable bonds is 7. The molecule has 1 fully saturated rings. The zero-order chi connectivity index (χ0) is 20.1. The van der Waals surface area contributed by atoms with Gasteiger partial charge >= 0.3 is 0 Å². The van der Waals surface area contributed by atoms with Crippen molar-refractivity contribution in [2.45, 2.75) is 38.1 Å². The zero-order valence-corrected chi connectivity index (χ0v) is 16.2. The van der Waals surface area contributed by atoms with Crippen molar-refractivity contribution < 1.29 is 14.0 Å². The summed E-state index contributed by atoms with van der Waals surface area (Å²) >= 11 is 0. The van der Waals surface area contributed by atoms with Crippen molar-refractivity contribution >= 4 is 17.9 Å². The molecule has 2 aromatic rings. The zero-order valence-electron chi connectivity index (χ0n) is 16.2. The highest BCUT2D eigenvalue weighted by Crippen LogP contribution is 2.24. The molecule has 1 saturated carbocycles. The molecule has 2 amide bonds. The average molecular weight is 380 g/mol. The maximum absolute atomic E-state index is 14.0. The molecule has 28 heavy (non-hydrogen) atoms. The lowest BCUT2D eigenvalue weighted by Crippen LogP contribution is -2.36. The smallest absolute Gasteiger partial charge is 0.251 e. The summed E-state index contributed by atoms with van der Waals surface area (Å²) in [4.78, 5) is 24.1. The molecule has 0 unspecified atom stereocenters. The Morgan fingerprint density at radius 1 is 1.11 bits per heavy atom. The van der Waals surface area contributed by atoms with Crippen molar-refractivity contribution in [3.8, 4) is 0 Å². The first-order chi connectivity index (χ1) is 13.3. The minimum atomic E-state index is -0.522. The molecule has 0 spiro atoms. The van der Waals surface area contributed by atoms with Gasteiger partial charge in [-0.3, -0.25) is 9.59 Å². The highest BCUT2D eigenvalue weighted by molar-refractivity contribution is 5.95. The van der Waals surface area contributed by atoms with Crippen molar-refractivity contribution in [1.29, 1.82) is 0 Å². The fourth-order valence-corrected chi connectivity index (χ4v) is 2.89. The standard InChI is InChI=1S/C23H25FN2O2/c1-23(2,19-5-3-4-6-20(19)24)15-25-21(27)14-9-16-7-10-17(11-8-16)22(28)26-18-12-13-18/h3-11,14,18H,12-13,15H2,1-2H3,(H,25,27)(H,26,28)/b14-9+. The quantitative estimate of drug-likeness (QED) is 0.718. The second-order valence-electron chi connectivity index (χ2n) is 7.78. The van der Waals surface area contributed by atoms with Crippen molar-refractivity contribution in [2.24, 2.45) is 0 Å². The van der Waals surface area contributed by atoms with E-state index in [1.54, 1.807) is 48.5 Å². The predicted molar refractivity (Wildman–Crippen MR) is 108 cm³/mol. The maximum atomic E-state index is 14.0. The molecule has 3 rings (SSSR count). The number of carbonyl (C=O) groups is 2. The molecule has 1 aliphatic rings. The first kappa shape index (κ1) is 19.8.